The lowest BCUT2D eigenvalue weighted by atomic mass is 10.1. The fourth-order valence-electron chi connectivity index (χ4n) is 1.02. The molecule has 0 spiro atoms. The molecule has 0 aromatic rings. The van der Waals surface area contributed by atoms with Crippen molar-refractivity contribution in [2.24, 2.45) is 5.73 Å². The molecule has 0 aromatic heterocycles. The van der Waals surface area contributed by atoms with Gasteiger partial charge in [0.1, 0.15) is 5.78 Å². The van der Waals surface area contributed by atoms with E-state index in [0.29, 0.717) is 12.8 Å². The summed E-state index contributed by atoms with van der Waals surface area (Å²) in [7, 11) is 0. The first-order valence-electron chi connectivity index (χ1n) is 4.52. The number of unbranched alkanes of at least 4 members (excludes halogenated alkanes) is 2. The lowest BCUT2D eigenvalue weighted by Gasteiger charge is -2.05. The van der Waals surface area contributed by atoms with Crippen LogP contribution in [0.1, 0.15) is 39.0 Å². The molecule has 1 unspecified atom stereocenters. The topological polar surface area (TPSA) is 80.4 Å². The van der Waals surface area contributed by atoms with E-state index in [1.54, 1.807) is 0 Å². The first-order chi connectivity index (χ1) is 6.04. The van der Waals surface area contributed by atoms with E-state index in [-0.39, 0.29) is 30.7 Å². The number of carbonyl (C=O) groups is 2. The van der Waals surface area contributed by atoms with Gasteiger partial charge in [-0.3, -0.25) is 9.59 Å². The van der Waals surface area contributed by atoms with Gasteiger partial charge in [0.05, 0.1) is 6.04 Å². The average molecular weight is 224 g/mol. The third kappa shape index (κ3) is 9.48. The first-order valence-corrected chi connectivity index (χ1v) is 4.52. The molecule has 84 valence electrons. The van der Waals surface area contributed by atoms with Crippen LogP contribution in [0.15, 0.2) is 0 Å². The van der Waals surface area contributed by atoms with E-state index in [1.807, 2.05) is 0 Å². The molecule has 14 heavy (non-hydrogen) atoms. The number of nitrogens with two attached hydrogens (primary N) is 1. The van der Waals surface area contributed by atoms with Crippen molar-refractivity contribution >= 4 is 24.2 Å². The summed E-state index contributed by atoms with van der Waals surface area (Å²) in [6.07, 6.45) is 3.19. The molecule has 0 aliphatic rings. The van der Waals surface area contributed by atoms with E-state index in [9.17, 15) is 9.59 Å². The maximum Gasteiger partial charge on any atom is 0.303 e. The maximum absolute atomic E-state index is 10.7. The lowest BCUT2D eigenvalue weighted by Crippen LogP contribution is -2.27. The molecule has 0 heterocycles. The Labute approximate surface area is 90.3 Å². The van der Waals surface area contributed by atoms with E-state index >= 15 is 0 Å². The van der Waals surface area contributed by atoms with Crippen molar-refractivity contribution < 1.29 is 14.7 Å². The molecule has 3 N–H and O–H groups in total. The van der Waals surface area contributed by atoms with Crippen LogP contribution in [-0.2, 0) is 9.59 Å². The van der Waals surface area contributed by atoms with Crippen LogP contribution in [0.3, 0.4) is 0 Å². The summed E-state index contributed by atoms with van der Waals surface area (Å²) in [4.78, 5) is 20.8. The van der Waals surface area contributed by atoms with Crippen molar-refractivity contribution in [1.82, 2.24) is 0 Å². The fourth-order valence-corrected chi connectivity index (χ4v) is 1.02. The highest BCUT2D eigenvalue weighted by Gasteiger charge is 2.06. The van der Waals surface area contributed by atoms with Gasteiger partial charge in [0, 0.05) is 6.42 Å². The van der Waals surface area contributed by atoms with Gasteiger partial charge in [-0.2, -0.15) is 0 Å². The van der Waals surface area contributed by atoms with Gasteiger partial charge < -0.3 is 10.8 Å². The quantitative estimate of drug-likeness (QED) is 0.639. The molecule has 0 saturated carbocycles. The molecule has 0 aromatic carbocycles. The van der Waals surface area contributed by atoms with Crippen molar-refractivity contribution in [2.75, 3.05) is 0 Å². The Hall–Kier alpha value is -0.610. The molecule has 1 atom stereocenters. The van der Waals surface area contributed by atoms with Crippen molar-refractivity contribution in [1.29, 1.82) is 0 Å². The van der Waals surface area contributed by atoms with Crippen molar-refractivity contribution in [3.63, 3.8) is 0 Å². The minimum atomic E-state index is -0.768. The van der Waals surface area contributed by atoms with Crippen LogP contribution < -0.4 is 5.73 Å². The second-order valence-electron chi connectivity index (χ2n) is 3.21. The van der Waals surface area contributed by atoms with Gasteiger partial charge in [-0.15, -0.1) is 12.4 Å². The SMILES string of the molecule is CC(=O)C(N)CCCCCC(=O)O.Cl. The Morgan fingerprint density at radius 3 is 2.29 bits per heavy atom. The van der Waals surface area contributed by atoms with E-state index in [4.69, 9.17) is 10.8 Å². The number of halogens is 1. The second kappa shape index (κ2) is 8.97. The lowest BCUT2D eigenvalue weighted by molar-refractivity contribution is -0.137. The number of carboxylic acids is 1. The third-order valence-electron chi connectivity index (χ3n) is 1.93. The van der Waals surface area contributed by atoms with Crippen LogP contribution in [0.4, 0.5) is 0 Å². The summed E-state index contributed by atoms with van der Waals surface area (Å²) >= 11 is 0. The summed E-state index contributed by atoms with van der Waals surface area (Å²) in [5, 5.41) is 8.33. The minimum absolute atomic E-state index is 0. The third-order valence-corrected chi connectivity index (χ3v) is 1.93. The number of hydrogen-bond acceptors (Lipinski definition) is 3. The number of aliphatic carboxylic acids is 1. The number of rotatable bonds is 7. The number of Topliss-reactive ketones (excluding diaryl/α,β-unsaturated/α-hetero) is 1. The number of carboxylic acid groups (broad SMARTS) is 1. The molecular formula is C9H18ClNO3. The van der Waals surface area contributed by atoms with Gasteiger partial charge in [-0.25, -0.2) is 0 Å². The smallest absolute Gasteiger partial charge is 0.303 e. The molecule has 0 radical (unpaired) electrons. The van der Waals surface area contributed by atoms with Crippen LogP contribution in [-0.4, -0.2) is 22.9 Å². The standard InChI is InChI=1S/C9H17NO3.ClH/c1-7(11)8(10)5-3-2-4-6-9(12)13;/h8H,2-6,10H2,1H3,(H,12,13);1H. The van der Waals surface area contributed by atoms with Gasteiger partial charge in [0.25, 0.3) is 0 Å². The molecule has 0 saturated heterocycles. The molecule has 4 nitrogen and oxygen atoms in total. The van der Waals surface area contributed by atoms with Crippen LogP contribution in [0.25, 0.3) is 0 Å². The average Bonchev–Trinajstić information content (AvgIpc) is 2.02. The number of ketones is 1. The summed E-state index contributed by atoms with van der Waals surface area (Å²) in [6.45, 7) is 1.47. The fraction of sp³-hybridized carbons (Fsp3) is 0.778. The summed E-state index contributed by atoms with van der Waals surface area (Å²) < 4.78 is 0. The highest BCUT2D eigenvalue weighted by Crippen LogP contribution is 2.05. The Balaban J connectivity index is 0. The molecule has 0 fully saturated rings. The second-order valence-corrected chi connectivity index (χ2v) is 3.21. The molecule has 0 amide bonds. The zero-order valence-corrected chi connectivity index (χ0v) is 9.18. The normalized spacial score (nSPS) is 11.6. The van der Waals surface area contributed by atoms with Crippen LogP contribution in [0, 0.1) is 0 Å². The summed E-state index contributed by atoms with van der Waals surface area (Å²) in [6, 6.07) is -0.371. The van der Waals surface area contributed by atoms with E-state index in [2.05, 4.69) is 0 Å². The zero-order chi connectivity index (χ0) is 10.3. The van der Waals surface area contributed by atoms with Crippen molar-refractivity contribution in [3.8, 4) is 0 Å². The molecule has 0 aliphatic carbocycles. The number of hydrogen-bond donors (Lipinski definition) is 2. The monoisotopic (exact) mass is 223 g/mol. The van der Waals surface area contributed by atoms with Gasteiger partial charge in [-0.1, -0.05) is 12.8 Å². The largest absolute Gasteiger partial charge is 0.481 e. The van der Waals surface area contributed by atoms with Crippen LogP contribution >= 0.6 is 12.4 Å². The molecule has 5 heteroatoms. The zero-order valence-electron chi connectivity index (χ0n) is 8.36. The molecule has 0 bridgehead atoms. The summed E-state index contributed by atoms with van der Waals surface area (Å²) in [5.41, 5.74) is 5.49. The Bertz CT molecular complexity index is 185. The van der Waals surface area contributed by atoms with Gasteiger partial charge in [0.15, 0.2) is 0 Å². The first kappa shape index (κ1) is 15.8. The predicted molar refractivity (Wildman–Crippen MR) is 56.6 cm³/mol. The Morgan fingerprint density at radius 2 is 1.86 bits per heavy atom. The van der Waals surface area contributed by atoms with Crippen molar-refractivity contribution in [3.05, 3.63) is 0 Å². The highest BCUT2D eigenvalue weighted by molar-refractivity contribution is 5.85. The highest BCUT2D eigenvalue weighted by atomic mass is 35.5. The predicted octanol–water partition coefficient (Wildman–Crippen LogP) is 1.36. The van der Waals surface area contributed by atoms with Crippen molar-refractivity contribution in [2.45, 2.75) is 45.1 Å². The molecule has 0 aliphatic heterocycles. The molecular weight excluding hydrogens is 206 g/mol. The maximum atomic E-state index is 10.7. The summed E-state index contributed by atoms with van der Waals surface area (Å²) in [5.74, 6) is -0.769. The van der Waals surface area contributed by atoms with Gasteiger partial charge in [-0.05, 0) is 19.8 Å². The van der Waals surface area contributed by atoms with Gasteiger partial charge >= 0.3 is 5.97 Å². The Morgan fingerprint density at radius 1 is 1.29 bits per heavy atom. The van der Waals surface area contributed by atoms with E-state index in [0.717, 1.165) is 12.8 Å². The van der Waals surface area contributed by atoms with E-state index < -0.39 is 5.97 Å². The number of carbonyl (C=O) groups excluding carboxylic acids is 1. The van der Waals surface area contributed by atoms with Crippen LogP contribution in [0.5, 0.6) is 0 Å². The molecule has 0 rings (SSSR count). The van der Waals surface area contributed by atoms with Gasteiger partial charge in [0.2, 0.25) is 0 Å². The minimum Gasteiger partial charge on any atom is -0.481 e. The van der Waals surface area contributed by atoms with Crippen LogP contribution in [0.2, 0.25) is 0 Å². The Kier molecular flexibility index (Phi) is 10.1. The van der Waals surface area contributed by atoms with E-state index in [1.165, 1.54) is 6.92 Å².